The maximum atomic E-state index is 11.9. The Kier molecular flexibility index (Phi) is 3.65. The molecule has 1 aromatic rings. The van der Waals surface area contributed by atoms with Crippen LogP contribution in [0.5, 0.6) is 5.75 Å². The van der Waals surface area contributed by atoms with Gasteiger partial charge in [0.2, 0.25) is 0 Å². The first-order chi connectivity index (χ1) is 7.42. The van der Waals surface area contributed by atoms with E-state index in [1.54, 1.807) is 13.0 Å². The fourth-order valence-electron chi connectivity index (χ4n) is 1.08. The fourth-order valence-corrected chi connectivity index (χ4v) is 1.08. The number of rotatable bonds is 3. The number of nitrogens with zero attached hydrogens (tertiary/aromatic N) is 2. The lowest BCUT2D eigenvalue weighted by Crippen LogP contribution is -2.17. The number of hydrogen-bond donors (Lipinski definition) is 0. The van der Waals surface area contributed by atoms with Crippen molar-refractivity contribution in [1.82, 2.24) is 0 Å². The lowest BCUT2D eigenvalue weighted by Gasteiger charge is -2.09. The molecule has 86 valence electrons. The average Bonchev–Trinajstić information content (AvgIpc) is 2.16. The number of benzene rings is 1. The van der Waals surface area contributed by atoms with Crippen molar-refractivity contribution in [3.63, 3.8) is 0 Å². The van der Waals surface area contributed by atoms with Crippen LogP contribution in [0, 0.1) is 0 Å². The van der Waals surface area contributed by atoms with E-state index in [-0.39, 0.29) is 5.75 Å². The molecule has 0 aliphatic carbocycles. The van der Waals surface area contributed by atoms with E-state index in [0.29, 0.717) is 11.3 Å². The van der Waals surface area contributed by atoms with Gasteiger partial charge >= 0.3 is 6.36 Å². The third-order valence-corrected chi connectivity index (χ3v) is 1.71. The molecule has 0 bridgehead atoms. The van der Waals surface area contributed by atoms with Gasteiger partial charge in [-0.15, -0.1) is 13.2 Å². The van der Waals surface area contributed by atoms with Crippen LogP contribution in [0.2, 0.25) is 0 Å². The molecule has 6 heteroatoms. The minimum absolute atomic E-state index is 0.288. The highest BCUT2D eigenvalue weighted by Crippen LogP contribution is 2.23. The standard InChI is InChI=1S/C10H9F3N2O/c1-7(15-14-2)8-4-3-5-9(6-8)16-10(11,12)13/h3-6H,2H2,1H3. The van der Waals surface area contributed by atoms with Crippen LogP contribution in [0.4, 0.5) is 13.2 Å². The molecule has 0 radical (unpaired) electrons. The highest BCUT2D eigenvalue weighted by Gasteiger charge is 2.31. The summed E-state index contributed by atoms with van der Waals surface area (Å²) in [6.07, 6.45) is -4.69. The number of hydrogen-bond acceptors (Lipinski definition) is 3. The average molecular weight is 230 g/mol. The van der Waals surface area contributed by atoms with Gasteiger partial charge < -0.3 is 4.74 Å². The Morgan fingerprint density at radius 3 is 2.62 bits per heavy atom. The molecule has 16 heavy (non-hydrogen) atoms. The first-order valence-corrected chi connectivity index (χ1v) is 4.29. The number of ether oxygens (including phenoxy) is 1. The Morgan fingerprint density at radius 1 is 1.38 bits per heavy atom. The Balaban J connectivity index is 2.95. The maximum Gasteiger partial charge on any atom is 0.573 e. The molecule has 0 heterocycles. The fraction of sp³-hybridized carbons (Fsp3) is 0.200. The molecule has 0 saturated carbocycles. The van der Waals surface area contributed by atoms with Crippen LogP contribution in [-0.4, -0.2) is 18.8 Å². The van der Waals surface area contributed by atoms with Gasteiger partial charge in [-0.2, -0.15) is 10.2 Å². The van der Waals surface area contributed by atoms with Gasteiger partial charge in [0.25, 0.3) is 0 Å². The van der Waals surface area contributed by atoms with Crippen molar-refractivity contribution in [3.05, 3.63) is 29.8 Å². The second-order valence-corrected chi connectivity index (χ2v) is 2.90. The van der Waals surface area contributed by atoms with E-state index in [1.165, 1.54) is 18.2 Å². The molecular weight excluding hydrogens is 221 g/mol. The second-order valence-electron chi connectivity index (χ2n) is 2.90. The summed E-state index contributed by atoms with van der Waals surface area (Å²) in [4.78, 5) is 0. The van der Waals surface area contributed by atoms with Gasteiger partial charge in [0.15, 0.2) is 0 Å². The number of halogens is 3. The zero-order chi connectivity index (χ0) is 12.2. The molecule has 0 aromatic heterocycles. The predicted octanol–water partition coefficient (Wildman–Crippen LogP) is 3.01. The molecule has 1 rings (SSSR count). The van der Waals surface area contributed by atoms with E-state index in [4.69, 9.17) is 0 Å². The summed E-state index contributed by atoms with van der Waals surface area (Å²) >= 11 is 0. The molecule has 0 atom stereocenters. The first-order valence-electron chi connectivity index (χ1n) is 4.29. The smallest absolute Gasteiger partial charge is 0.406 e. The van der Waals surface area contributed by atoms with Crippen LogP contribution < -0.4 is 4.74 Å². The van der Waals surface area contributed by atoms with E-state index >= 15 is 0 Å². The van der Waals surface area contributed by atoms with Crippen molar-refractivity contribution >= 4 is 12.4 Å². The molecule has 1 aromatic carbocycles. The molecule has 0 aliphatic heterocycles. The summed E-state index contributed by atoms with van der Waals surface area (Å²) in [6, 6.07) is 5.49. The SMILES string of the molecule is C=NN=C(C)c1cccc(OC(F)(F)F)c1. The largest absolute Gasteiger partial charge is 0.573 e. The molecule has 0 aliphatic rings. The van der Waals surface area contributed by atoms with Gasteiger partial charge in [0.1, 0.15) is 5.75 Å². The molecule has 0 fully saturated rings. The second kappa shape index (κ2) is 4.78. The Hall–Kier alpha value is -1.85. The zero-order valence-electron chi connectivity index (χ0n) is 8.45. The van der Waals surface area contributed by atoms with E-state index < -0.39 is 6.36 Å². The molecule has 0 unspecified atom stereocenters. The normalized spacial score (nSPS) is 12.4. The summed E-state index contributed by atoms with van der Waals surface area (Å²) in [5, 5.41) is 6.92. The van der Waals surface area contributed by atoms with Gasteiger partial charge in [0, 0.05) is 12.3 Å². The van der Waals surface area contributed by atoms with Crippen LogP contribution in [0.15, 0.2) is 34.5 Å². The monoisotopic (exact) mass is 230 g/mol. The Labute approximate surface area is 90.3 Å². The van der Waals surface area contributed by atoms with Crippen LogP contribution >= 0.6 is 0 Å². The van der Waals surface area contributed by atoms with Gasteiger partial charge in [-0.05, 0) is 19.1 Å². The molecule has 0 saturated heterocycles. The zero-order valence-corrected chi connectivity index (χ0v) is 8.45. The van der Waals surface area contributed by atoms with Crippen LogP contribution in [0.3, 0.4) is 0 Å². The number of alkyl halides is 3. The summed E-state index contributed by atoms with van der Waals surface area (Å²) < 4.78 is 39.6. The Bertz CT molecular complexity index is 413. The van der Waals surface area contributed by atoms with Gasteiger partial charge in [0.05, 0.1) is 5.71 Å². The van der Waals surface area contributed by atoms with Crippen molar-refractivity contribution in [2.45, 2.75) is 13.3 Å². The summed E-state index contributed by atoms with van der Waals surface area (Å²) in [5.74, 6) is -0.288. The first kappa shape index (κ1) is 12.2. The van der Waals surface area contributed by atoms with Crippen molar-refractivity contribution in [1.29, 1.82) is 0 Å². The molecule has 0 spiro atoms. The minimum Gasteiger partial charge on any atom is -0.406 e. The topological polar surface area (TPSA) is 34.0 Å². The van der Waals surface area contributed by atoms with Gasteiger partial charge in [-0.3, -0.25) is 0 Å². The van der Waals surface area contributed by atoms with E-state index in [1.807, 2.05) is 0 Å². The molecular formula is C10H9F3N2O. The summed E-state index contributed by atoms with van der Waals surface area (Å²) in [7, 11) is 0. The third-order valence-electron chi connectivity index (χ3n) is 1.71. The molecule has 0 N–H and O–H groups in total. The van der Waals surface area contributed by atoms with Gasteiger partial charge in [-0.25, -0.2) is 0 Å². The lowest BCUT2D eigenvalue weighted by atomic mass is 10.1. The highest BCUT2D eigenvalue weighted by molar-refractivity contribution is 5.98. The van der Waals surface area contributed by atoms with Crippen molar-refractivity contribution in [2.75, 3.05) is 0 Å². The van der Waals surface area contributed by atoms with Crippen LogP contribution in [0.25, 0.3) is 0 Å². The van der Waals surface area contributed by atoms with Crippen molar-refractivity contribution < 1.29 is 17.9 Å². The highest BCUT2D eigenvalue weighted by atomic mass is 19.4. The maximum absolute atomic E-state index is 11.9. The predicted molar refractivity (Wildman–Crippen MR) is 54.9 cm³/mol. The van der Waals surface area contributed by atoms with E-state index in [0.717, 1.165) is 0 Å². The minimum atomic E-state index is -4.69. The Morgan fingerprint density at radius 2 is 2.06 bits per heavy atom. The third kappa shape index (κ3) is 3.72. The van der Waals surface area contributed by atoms with Crippen LogP contribution in [0.1, 0.15) is 12.5 Å². The lowest BCUT2D eigenvalue weighted by molar-refractivity contribution is -0.274. The van der Waals surface area contributed by atoms with Crippen molar-refractivity contribution in [3.8, 4) is 5.75 Å². The van der Waals surface area contributed by atoms with Gasteiger partial charge in [-0.1, -0.05) is 12.1 Å². The molecule has 3 nitrogen and oxygen atoms in total. The van der Waals surface area contributed by atoms with E-state index in [2.05, 4.69) is 21.7 Å². The van der Waals surface area contributed by atoms with Crippen LogP contribution in [-0.2, 0) is 0 Å². The molecule has 0 amide bonds. The summed E-state index contributed by atoms with van der Waals surface area (Å²) in [5.41, 5.74) is 0.955. The van der Waals surface area contributed by atoms with E-state index in [9.17, 15) is 13.2 Å². The quantitative estimate of drug-likeness (QED) is 0.580. The summed E-state index contributed by atoms with van der Waals surface area (Å²) in [6.45, 7) is 4.77. The van der Waals surface area contributed by atoms with Crippen molar-refractivity contribution in [2.24, 2.45) is 10.2 Å².